The van der Waals surface area contributed by atoms with Gasteiger partial charge in [0.25, 0.3) is 0 Å². The van der Waals surface area contributed by atoms with E-state index in [0.29, 0.717) is 45.1 Å². The van der Waals surface area contributed by atoms with Crippen LogP contribution in [0.4, 0.5) is 0 Å². The van der Waals surface area contributed by atoms with E-state index in [1.165, 1.54) is 25.7 Å². The van der Waals surface area contributed by atoms with Crippen molar-refractivity contribution in [2.24, 2.45) is 52.2 Å². The summed E-state index contributed by atoms with van der Waals surface area (Å²) in [5.41, 5.74) is 33.7. The van der Waals surface area contributed by atoms with Crippen LogP contribution in [-0.4, -0.2) is 250 Å². The third kappa shape index (κ3) is 31.9. The van der Waals surface area contributed by atoms with E-state index in [1.807, 2.05) is 0 Å². The van der Waals surface area contributed by atoms with E-state index in [9.17, 15) is 82.4 Å². The molecule has 13 amide bonds. The third-order valence-corrected chi connectivity index (χ3v) is 18.3. The summed E-state index contributed by atoms with van der Waals surface area (Å²) in [6.07, 6.45) is -0.684. The first-order chi connectivity index (χ1) is 49.8. The van der Waals surface area contributed by atoms with E-state index in [1.54, 1.807) is 41.5 Å². The number of carbonyl (C=O) groups excluding carboxylic acids is 13. The van der Waals surface area contributed by atoms with Crippen molar-refractivity contribution in [3.05, 3.63) is 0 Å². The van der Waals surface area contributed by atoms with Crippen LogP contribution in [0.25, 0.3) is 0 Å². The highest BCUT2D eigenvalue weighted by Crippen LogP contribution is 2.23. The van der Waals surface area contributed by atoms with E-state index in [4.69, 9.17) is 45.2 Å². The van der Waals surface area contributed by atoms with Gasteiger partial charge < -0.3 is 123 Å². The highest BCUT2D eigenvalue weighted by molar-refractivity contribution is 6.00. The number of nitrogens with two attached hydrogens (primary N) is 6. The average molecular weight is 1510 g/mol. The number of hydrogen-bond donors (Lipinski definition) is 23. The van der Waals surface area contributed by atoms with Crippen molar-refractivity contribution in [3.63, 3.8) is 0 Å². The molecule has 0 aromatic rings. The summed E-state index contributed by atoms with van der Waals surface area (Å²) >= 11 is 0. The topological polar surface area (TPSA) is 654 Å². The summed E-state index contributed by atoms with van der Waals surface area (Å²) in [7, 11) is 0. The van der Waals surface area contributed by atoms with Crippen molar-refractivity contribution in [1.82, 2.24) is 73.6 Å². The number of amides is 13. The van der Waals surface area contributed by atoms with Gasteiger partial charge in [0.1, 0.15) is 78.5 Å². The minimum absolute atomic E-state index is 0.00600. The largest absolute Gasteiger partial charge is 0.480 e. The number of rotatable bonds is 49. The van der Waals surface area contributed by atoms with Gasteiger partial charge in [-0.05, 0) is 154 Å². The Kier molecular flexibility index (Phi) is 41.7. The van der Waals surface area contributed by atoms with Crippen LogP contribution in [0.1, 0.15) is 178 Å². The van der Waals surface area contributed by atoms with Crippen LogP contribution in [0.2, 0.25) is 0 Å². The number of nitrogens with zero attached hydrogens (tertiary/aromatic N) is 2. The van der Waals surface area contributed by atoms with E-state index >= 15 is 0 Å². The van der Waals surface area contributed by atoms with Gasteiger partial charge in [-0.15, -0.1) is 0 Å². The molecule has 0 radical (unpaired) electrons. The molecule has 2 heterocycles. The van der Waals surface area contributed by atoms with Gasteiger partial charge in [-0.2, -0.15) is 0 Å². The van der Waals surface area contributed by atoms with Crippen molar-refractivity contribution >= 4 is 94.7 Å². The number of unbranched alkanes of at least 4 members (excludes halogenated alkanes) is 2. The van der Waals surface area contributed by atoms with Crippen LogP contribution in [-0.2, 0) is 67.1 Å². The van der Waals surface area contributed by atoms with Gasteiger partial charge in [0.05, 0.1) is 12.2 Å². The molecule has 2 aliphatic heterocycles. The van der Waals surface area contributed by atoms with Gasteiger partial charge in [-0.3, -0.25) is 73.1 Å². The Bertz CT molecular complexity index is 2980. The lowest BCUT2D eigenvalue weighted by atomic mass is 9.96. The number of carbonyl (C=O) groups is 14. The zero-order valence-corrected chi connectivity index (χ0v) is 62.8. The highest BCUT2D eigenvalue weighted by Gasteiger charge is 2.44. The molecule has 39 nitrogen and oxygen atoms in total. The zero-order chi connectivity index (χ0) is 80.2. The maximum Gasteiger partial charge on any atom is 0.326 e. The fourth-order valence-corrected chi connectivity index (χ4v) is 12.0. The molecule has 2 rings (SSSR count). The number of nitrogens with one attached hydrogen (secondary N) is 14. The molecule has 2 saturated heterocycles. The number of aliphatic carboxylic acids is 1. The van der Waals surface area contributed by atoms with Gasteiger partial charge in [0.15, 0.2) is 11.9 Å². The SMILES string of the molecule is CC[C@H](C)[C@H](NC(=O)[C@H](CCCCN)NC(=O)[C@@H]1CCCN1C(=O)[C@H](C)NC(=O)[C@H](CCCCN)NC(=O)[C@@H](N)[C@@H](C)O)C(=O)N[C@@H](CCC(N)=O)C(=O)N[C@@H](CCCNC(=N)N)C(=O)N[C@@H](CC(C)C)C(=O)N[C@H](C(=O)N[C@H](C(=O)N1CCC[C@H]1C(=O)N[C@@H](CCCNC(=N)N)C(=O)O)[C@@H](C)O)C(C)C. The van der Waals surface area contributed by atoms with Crippen LogP contribution >= 0.6 is 0 Å². The number of carboxylic acids is 1. The standard InChI is InChI=1S/C67H122N22O17/c1-10-36(6)51(86-56(96)41(20-12-14-28-69)80-58(98)46-23-17-31-88(46)63(103)37(7)78-53(93)40(19-11-13-27-68)81-60(100)49(71)38(8)90)62(102)82-43(25-26-48(70)92)55(95)79-42(21-15-29-76-66(72)73)54(94)84-45(33-34(2)3)57(97)85-50(35(4)5)61(101)87-52(39(9)91)64(104)89-32-18-24-47(89)59(99)83-44(65(105)106)22-16-30-77-67(74)75/h34-47,49-52,90-91H,10-33,68-69,71H2,1-9H3,(H2,70,92)(H,78,93)(H,79,95)(H,80,98)(H,81,100)(H,82,102)(H,83,99)(H,84,94)(H,85,97)(H,86,96)(H,87,101)(H,105,106)(H4,72,73,76)(H4,74,75,77)/t36-,37-,38+,39+,40-,41-,42-,43-,44-,45-,46-,47-,49-,50-,51-,52-/m0/s1. The Labute approximate surface area is 619 Å². The van der Waals surface area contributed by atoms with Crippen LogP contribution in [0, 0.1) is 28.6 Å². The van der Waals surface area contributed by atoms with Crippen molar-refractivity contribution < 1.29 is 82.4 Å². The van der Waals surface area contributed by atoms with Gasteiger partial charge in [-0.25, -0.2) is 4.79 Å². The first-order valence-corrected chi connectivity index (χ1v) is 36.7. The van der Waals surface area contributed by atoms with Gasteiger partial charge in [-0.1, -0.05) is 48.0 Å². The smallest absolute Gasteiger partial charge is 0.326 e. The summed E-state index contributed by atoms with van der Waals surface area (Å²) in [4.78, 5) is 197. The monoisotopic (exact) mass is 1510 g/mol. The maximum atomic E-state index is 14.6. The molecule has 0 bridgehead atoms. The Morgan fingerprint density at radius 3 is 1.31 bits per heavy atom. The molecule has 2 fully saturated rings. The average Bonchev–Trinajstić information content (AvgIpc) is 1.60. The maximum absolute atomic E-state index is 14.6. The van der Waals surface area contributed by atoms with Gasteiger partial charge in [0.2, 0.25) is 76.8 Å². The number of carboxylic acid groups (broad SMARTS) is 1. The van der Waals surface area contributed by atoms with Gasteiger partial charge in [0, 0.05) is 32.6 Å². The number of hydrogen-bond acceptors (Lipinski definition) is 21. The lowest BCUT2D eigenvalue weighted by molar-refractivity contribution is -0.146. The second kappa shape index (κ2) is 47.5. The van der Waals surface area contributed by atoms with E-state index < -0.39 is 204 Å². The Hall–Kier alpha value is -9.08. The van der Waals surface area contributed by atoms with E-state index in [-0.39, 0.29) is 109 Å². The van der Waals surface area contributed by atoms with Crippen LogP contribution in [0.5, 0.6) is 0 Å². The predicted molar refractivity (Wildman–Crippen MR) is 390 cm³/mol. The van der Waals surface area contributed by atoms with Crippen LogP contribution in [0.3, 0.4) is 0 Å². The first-order valence-electron chi connectivity index (χ1n) is 36.7. The first kappa shape index (κ1) is 93.0. The lowest BCUT2D eigenvalue weighted by Gasteiger charge is -2.32. The van der Waals surface area contributed by atoms with Crippen molar-refractivity contribution in [3.8, 4) is 0 Å². The summed E-state index contributed by atoms with van der Waals surface area (Å²) in [5, 5.41) is 76.9. The Morgan fingerprint density at radius 2 is 0.858 bits per heavy atom. The molecule has 106 heavy (non-hydrogen) atoms. The second-order valence-electron chi connectivity index (χ2n) is 28.1. The molecule has 0 saturated carbocycles. The van der Waals surface area contributed by atoms with E-state index in [0.717, 1.165) is 4.90 Å². The predicted octanol–water partition coefficient (Wildman–Crippen LogP) is -6.19. The molecule has 2 aliphatic rings. The molecule has 0 unspecified atom stereocenters. The lowest BCUT2D eigenvalue weighted by Crippen LogP contribution is -2.62. The number of aliphatic hydroxyl groups excluding tert-OH is 2. The molecule has 0 aromatic carbocycles. The fourth-order valence-electron chi connectivity index (χ4n) is 12.0. The van der Waals surface area contributed by atoms with E-state index in [2.05, 4.69) is 63.8 Å². The Morgan fingerprint density at radius 1 is 0.462 bits per heavy atom. The molecule has 0 aliphatic carbocycles. The van der Waals surface area contributed by atoms with Crippen LogP contribution in [0.15, 0.2) is 0 Å². The van der Waals surface area contributed by atoms with Crippen LogP contribution < -0.4 is 98.2 Å². The van der Waals surface area contributed by atoms with Crippen molar-refractivity contribution in [2.45, 2.75) is 269 Å². The summed E-state index contributed by atoms with van der Waals surface area (Å²) in [5.74, 6) is -14.7. The minimum atomic E-state index is -1.68. The second-order valence-corrected chi connectivity index (χ2v) is 28.1. The number of guanidine groups is 2. The normalized spacial score (nSPS) is 18.2. The third-order valence-electron chi connectivity index (χ3n) is 18.3. The molecule has 0 spiro atoms. The van der Waals surface area contributed by atoms with Gasteiger partial charge >= 0.3 is 5.97 Å². The van der Waals surface area contributed by atoms with Crippen molar-refractivity contribution in [1.29, 1.82) is 10.8 Å². The molecular formula is C67H122N22O17. The fraction of sp³-hybridized carbons (Fsp3) is 0.761. The summed E-state index contributed by atoms with van der Waals surface area (Å²) in [6, 6.07) is -17.8. The number of likely N-dealkylation sites (tertiary alicyclic amines) is 2. The molecule has 0 aromatic heterocycles. The van der Waals surface area contributed by atoms with Crippen molar-refractivity contribution in [2.75, 3.05) is 39.3 Å². The Balaban J connectivity index is 2.46. The molecular weight excluding hydrogens is 1380 g/mol. The minimum Gasteiger partial charge on any atom is -0.480 e. The molecule has 39 heteroatoms. The quantitative estimate of drug-likeness (QED) is 0.0153. The molecule has 602 valence electrons. The number of primary amides is 1. The number of aliphatic hydroxyl groups is 2. The highest BCUT2D eigenvalue weighted by atomic mass is 16.4. The summed E-state index contributed by atoms with van der Waals surface area (Å²) in [6.45, 7) is 14.7. The summed E-state index contributed by atoms with van der Waals surface area (Å²) < 4.78 is 0. The zero-order valence-electron chi connectivity index (χ0n) is 62.8. The molecule has 29 N–H and O–H groups in total. The molecule has 16 atom stereocenters.